The minimum Gasteiger partial charge on any atom is -0.384 e. The summed E-state index contributed by atoms with van der Waals surface area (Å²) in [5.41, 5.74) is 4.45. The van der Waals surface area contributed by atoms with Crippen molar-refractivity contribution in [2.75, 3.05) is 0 Å². The lowest BCUT2D eigenvalue weighted by Gasteiger charge is -2.26. The fraction of sp³-hybridized carbons (Fsp3) is 0.333. The van der Waals surface area contributed by atoms with Crippen molar-refractivity contribution in [3.8, 4) is 0 Å². The van der Waals surface area contributed by atoms with Crippen LogP contribution in [0.3, 0.4) is 0 Å². The zero-order valence-corrected chi connectivity index (χ0v) is 13.2. The fourth-order valence-electron chi connectivity index (χ4n) is 2.79. The van der Waals surface area contributed by atoms with E-state index in [2.05, 4.69) is 34.1 Å². The Labute approximate surface area is 128 Å². The average Bonchev–Trinajstić information content (AvgIpc) is 2.40. The molecular weight excluding hydrogens is 312 g/mol. The predicted octanol–water partition coefficient (Wildman–Crippen LogP) is 5.11. The van der Waals surface area contributed by atoms with E-state index in [4.69, 9.17) is 0 Å². The van der Waals surface area contributed by atoms with E-state index in [1.165, 1.54) is 24.8 Å². The molecule has 0 spiro atoms. The minimum atomic E-state index is -0.565. The van der Waals surface area contributed by atoms with Gasteiger partial charge in [0.25, 0.3) is 0 Å². The highest BCUT2D eigenvalue weighted by molar-refractivity contribution is 9.10. The molecule has 0 saturated heterocycles. The summed E-state index contributed by atoms with van der Waals surface area (Å²) in [7, 11) is 0. The highest BCUT2D eigenvalue weighted by Crippen LogP contribution is 2.38. The second-order valence-electron chi connectivity index (χ2n) is 5.68. The minimum absolute atomic E-state index is 0.565. The first-order valence-electron chi connectivity index (χ1n) is 7.20. The molecule has 104 valence electrons. The van der Waals surface area contributed by atoms with Crippen molar-refractivity contribution in [1.29, 1.82) is 0 Å². The standard InChI is InChI=1S/C18H19BrO/c1-12-5-2-10-16(17(12)19)18(20)15-9-4-8-14(11-15)13-6-3-7-13/h2,4-5,8-11,13,18,20H,3,6-7H2,1H3. The van der Waals surface area contributed by atoms with Crippen molar-refractivity contribution < 1.29 is 5.11 Å². The summed E-state index contributed by atoms with van der Waals surface area (Å²) in [4.78, 5) is 0. The lowest BCUT2D eigenvalue weighted by Crippen LogP contribution is -2.10. The van der Waals surface area contributed by atoms with Crippen molar-refractivity contribution in [3.63, 3.8) is 0 Å². The second-order valence-corrected chi connectivity index (χ2v) is 6.47. The molecule has 1 saturated carbocycles. The molecule has 1 unspecified atom stereocenters. The third-order valence-corrected chi connectivity index (χ3v) is 5.40. The first kappa shape index (κ1) is 13.8. The van der Waals surface area contributed by atoms with Crippen LogP contribution in [0.15, 0.2) is 46.9 Å². The van der Waals surface area contributed by atoms with E-state index >= 15 is 0 Å². The van der Waals surface area contributed by atoms with Crippen molar-refractivity contribution >= 4 is 15.9 Å². The summed E-state index contributed by atoms with van der Waals surface area (Å²) in [5, 5.41) is 10.7. The first-order chi connectivity index (χ1) is 9.66. The SMILES string of the molecule is Cc1cccc(C(O)c2cccc(C3CCC3)c2)c1Br. The van der Waals surface area contributed by atoms with E-state index in [-0.39, 0.29) is 0 Å². The van der Waals surface area contributed by atoms with Gasteiger partial charge in [-0.25, -0.2) is 0 Å². The smallest absolute Gasteiger partial charge is 0.105 e. The number of aliphatic hydroxyl groups is 1. The van der Waals surface area contributed by atoms with Crippen LogP contribution >= 0.6 is 15.9 Å². The zero-order valence-electron chi connectivity index (χ0n) is 11.6. The van der Waals surface area contributed by atoms with Crippen LogP contribution in [0.25, 0.3) is 0 Å². The number of rotatable bonds is 3. The van der Waals surface area contributed by atoms with Gasteiger partial charge in [-0.15, -0.1) is 0 Å². The molecule has 0 aliphatic heterocycles. The van der Waals surface area contributed by atoms with E-state index in [0.717, 1.165) is 21.2 Å². The molecule has 0 amide bonds. The molecule has 0 bridgehead atoms. The Balaban J connectivity index is 1.93. The molecule has 1 nitrogen and oxygen atoms in total. The molecule has 1 fully saturated rings. The molecule has 1 N–H and O–H groups in total. The van der Waals surface area contributed by atoms with Gasteiger partial charge < -0.3 is 5.11 Å². The average molecular weight is 331 g/mol. The molecule has 2 aromatic carbocycles. The molecule has 0 aromatic heterocycles. The van der Waals surface area contributed by atoms with E-state index in [9.17, 15) is 5.11 Å². The number of hydrogen-bond donors (Lipinski definition) is 1. The number of benzene rings is 2. The van der Waals surface area contributed by atoms with Crippen molar-refractivity contribution in [3.05, 3.63) is 69.2 Å². The normalized spacial score (nSPS) is 16.8. The lowest BCUT2D eigenvalue weighted by atomic mass is 9.79. The maximum Gasteiger partial charge on any atom is 0.105 e. The number of aryl methyl sites for hydroxylation is 1. The van der Waals surface area contributed by atoms with Crippen molar-refractivity contribution in [2.45, 2.75) is 38.2 Å². The fourth-order valence-corrected chi connectivity index (χ4v) is 3.27. The summed E-state index contributed by atoms with van der Waals surface area (Å²) < 4.78 is 1.00. The van der Waals surface area contributed by atoms with E-state index in [0.29, 0.717) is 5.92 Å². The first-order valence-corrected chi connectivity index (χ1v) is 7.99. The summed E-state index contributed by atoms with van der Waals surface area (Å²) in [6, 6.07) is 14.5. The summed E-state index contributed by atoms with van der Waals surface area (Å²) >= 11 is 3.59. The second kappa shape index (κ2) is 5.71. The third kappa shape index (κ3) is 2.55. The Morgan fingerprint density at radius 3 is 2.60 bits per heavy atom. The Morgan fingerprint density at radius 2 is 1.90 bits per heavy atom. The highest BCUT2D eigenvalue weighted by Gasteiger charge is 2.21. The van der Waals surface area contributed by atoms with Gasteiger partial charge in [-0.2, -0.15) is 0 Å². The quantitative estimate of drug-likeness (QED) is 0.829. The summed E-state index contributed by atoms with van der Waals surface area (Å²) in [6.45, 7) is 2.05. The molecule has 20 heavy (non-hydrogen) atoms. The molecule has 3 rings (SSSR count). The largest absolute Gasteiger partial charge is 0.384 e. The molecule has 2 heteroatoms. The van der Waals surface area contributed by atoms with Crippen LogP contribution in [-0.4, -0.2) is 5.11 Å². The Hall–Kier alpha value is -1.12. The molecule has 2 aromatic rings. The molecular formula is C18H19BrO. The van der Waals surface area contributed by atoms with Gasteiger partial charge in [-0.1, -0.05) is 64.8 Å². The van der Waals surface area contributed by atoms with Crippen LogP contribution in [-0.2, 0) is 0 Å². The third-order valence-electron chi connectivity index (χ3n) is 4.32. The van der Waals surface area contributed by atoms with Crippen LogP contribution in [0.4, 0.5) is 0 Å². The van der Waals surface area contributed by atoms with Crippen molar-refractivity contribution in [1.82, 2.24) is 0 Å². The van der Waals surface area contributed by atoms with Gasteiger partial charge in [0, 0.05) is 4.47 Å². The predicted molar refractivity (Wildman–Crippen MR) is 86.0 cm³/mol. The van der Waals surface area contributed by atoms with E-state index in [1.54, 1.807) is 0 Å². The molecule has 0 heterocycles. The van der Waals surface area contributed by atoms with Crippen LogP contribution in [0, 0.1) is 6.92 Å². The van der Waals surface area contributed by atoms with E-state index in [1.807, 2.05) is 31.2 Å². The van der Waals surface area contributed by atoms with Gasteiger partial charge in [0.15, 0.2) is 0 Å². The van der Waals surface area contributed by atoms with Gasteiger partial charge in [-0.05, 0) is 47.9 Å². The van der Waals surface area contributed by atoms with Crippen LogP contribution in [0.2, 0.25) is 0 Å². The Kier molecular flexibility index (Phi) is 3.95. The van der Waals surface area contributed by atoms with Crippen LogP contribution in [0.5, 0.6) is 0 Å². The van der Waals surface area contributed by atoms with E-state index < -0.39 is 6.10 Å². The van der Waals surface area contributed by atoms with Crippen molar-refractivity contribution in [2.24, 2.45) is 0 Å². The maximum absolute atomic E-state index is 10.7. The summed E-state index contributed by atoms with van der Waals surface area (Å²) in [6.07, 6.45) is 3.34. The monoisotopic (exact) mass is 330 g/mol. The van der Waals surface area contributed by atoms with Crippen LogP contribution < -0.4 is 0 Å². The Bertz CT molecular complexity index is 617. The van der Waals surface area contributed by atoms with Gasteiger partial charge in [-0.3, -0.25) is 0 Å². The molecule has 0 radical (unpaired) electrons. The van der Waals surface area contributed by atoms with Gasteiger partial charge >= 0.3 is 0 Å². The van der Waals surface area contributed by atoms with Crippen LogP contribution in [0.1, 0.15) is 53.5 Å². The summed E-state index contributed by atoms with van der Waals surface area (Å²) in [5.74, 6) is 0.697. The topological polar surface area (TPSA) is 20.2 Å². The lowest BCUT2D eigenvalue weighted by molar-refractivity contribution is 0.219. The molecule has 1 aliphatic carbocycles. The van der Waals surface area contributed by atoms with Gasteiger partial charge in [0.05, 0.1) is 0 Å². The highest BCUT2D eigenvalue weighted by atomic mass is 79.9. The molecule has 1 aliphatic rings. The number of aliphatic hydroxyl groups excluding tert-OH is 1. The Morgan fingerprint density at radius 1 is 1.15 bits per heavy atom. The zero-order chi connectivity index (χ0) is 14.1. The maximum atomic E-state index is 10.7. The van der Waals surface area contributed by atoms with Gasteiger partial charge in [0.1, 0.15) is 6.10 Å². The number of halogens is 1. The van der Waals surface area contributed by atoms with Gasteiger partial charge in [0.2, 0.25) is 0 Å². The number of hydrogen-bond acceptors (Lipinski definition) is 1. The molecule has 1 atom stereocenters.